The van der Waals surface area contributed by atoms with Gasteiger partial charge in [0, 0.05) is 18.8 Å². The number of aliphatic hydroxyl groups is 1. The second-order valence-electron chi connectivity index (χ2n) is 6.04. The van der Waals surface area contributed by atoms with Crippen molar-refractivity contribution in [2.45, 2.75) is 38.3 Å². The van der Waals surface area contributed by atoms with E-state index in [2.05, 4.69) is 10.2 Å². The summed E-state index contributed by atoms with van der Waals surface area (Å²) in [5.41, 5.74) is 6.79. The molecule has 0 aromatic heterocycles. The van der Waals surface area contributed by atoms with Gasteiger partial charge in [-0.15, -0.1) is 0 Å². The number of hydrogen-bond donors (Lipinski definition) is 3. The van der Waals surface area contributed by atoms with Gasteiger partial charge in [-0.2, -0.15) is 0 Å². The number of para-hydroxylation sites is 1. The molecule has 5 heteroatoms. The summed E-state index contributed by atoms with van der Waals surface area (Å²) >= 11 is 0. The van der Waals surface area contributed by atoms with Crippen molar-refractivity contribution in [2.75, 3.05) is 25.0 Å². The fraction of sp³-hybridized carbons (Fsp3) is 0.562. The van der Waals surface area contributed by atoms with Gasteiger partial charge in [-0.25, -0.2) is 0 Å². The number of nitrogens with zero attached hydrogens (tertiary/aromatic N) is 1. The quantitative estimate of drug-likeness (QED) is 0.782. The molecule has 0 radical (unpaired) electrons. The highest BCUT2D eigenvalue weighted by molar-refractivity contribution is 5.93. The molecule has 1 saturated heterocycles. The molecule has 0 saturated carbocycles. The van der Waals surface area contributed by atoms with Crippen LogP contribution in [-0.2, 0) is 11.3 Å². The molecule has 2 rings (SSSR count). The molecule has 1 heterocycles. The average molecular weight is 291 g/mol. The van der Waals surface area contributed by atoms with Crippen LogP contribution < -0.4 is 11.1 Å². The molecule has 1 unspecified atom stereocenters. The summed E-state index contributed by atoms with van der Waals surface area (Å²) in [6, 6.07) is 7.58. The first-order chi connectivity index (χ1) is 10.00. The van der Waals surface area contributed by atoms with Crippen LogP contribution in [0.2, 0.25) is 0 Å². The van der Waals surface area contributed by atoms with Gasteiger partial charge >= 0.3 is 0 Å². The molecule has 1 atom stereocenters. The molecule has 116 valence electrons. The van der Waals surface area contributed by atoms with Crippen LogP contribution in [-0.4, -0.2) is 41.1 Å². The Labute approximate surface area is 126 Å². The molecule has 1 aromatic rings. The number of amides is 1. The van der Waals surface area contributed by atoms with E-state index in [1.165, 1.54) is 0 Å². The van der Waals surface area contributed by atoms with Gasteiger partial charge in [0.1, 0.15) is 0 Å². The second kappa shape index (κ2) is 7.02. The summed E-state index contributed by atoms with van der Waals surface area (Å²) in [6.07, 6.45) is 2.42. The number of hydrogen-bond acceptors (Lipinski definition) is 4. The van der Waals surface area contributed by atoms with Crippen molar-refractivity contribution in [1.29, 1.82) is 0 Å². The number of likely N-dealkylation sites (tertiary alicyclic amines) is 1. The third-order valence-corrected chi connectivity index (χ3v) is 4.03. The lowest BCUT2D eigenvalue weighted by molar-refractivity contribution is -0.117. The third kappa shape index (κ3) is 4.81. The van der Waals surface area contributed by atoms with Crippen molar-refractivity contribution >= 4 is 11.6 Å². The van der Waals surface area contributed by atoms with E-state index < -0.39 is 5.60 Å². The second-order valence-corrected chi connectivity index (χ2v) is 6.04. The van der Waals surface area contributed by atoms with Gasteiger partial charge in [0.05, 0.1) is 12.1 Å². The highest BCUT2D eigenvalue weighted by Crippen LogP contribution is 2.21. The van der Waals surface area contributed by atoms with E-state index in [4.69, 9.17) is 5.73 Å². The molecule has 5 nitrogen and oxygen atoms in total. The van der Waals surface area contributed by atoms with Crippen molar-refractivity contribution in [3.63, 3.8) is 0 Å². The molecule has 1 aliphatic heterocycles. The van der Waals surface area contributed by atoms with Crippen LogP contribution in [0.3, 0.4) is 0 Å². The molecule has 0 bridgehead atoms. The summed E-state index contributed by atoms with van der Waals surface area (Å²) in [5.74, 6) is -0.0301. The Balaban J connectivity index is 1.90. The van der Waals surface area contributed by atoms with Gasteiger partial charge in [-0.1, -0.05) is 18.2 Å². The molecular formula is C16H25N3O2. The Morgan fingerprint density at radius 3 is 2.90 bits per heavy atom. The van der Waals surface area contributed by atoms with Crippen LogP contribution in [0.1, 0.15) is 31.7 Å². The van der Waals surface area contributed by atoms with Crippen LogP contribution in [0.4, 0.5) is 5.69 Å². The molecule has 1 fully saturated rings. The largest absolute Gasteiger partial charge is 0.390 e. The number of carbonyl (C=O) groups is 1. The lowest BCUT2D eigenvalue weighted by Crippen LogP contribution is -2.35. The maximum atomic E-state index is 12.2. The van der Waals surface area contributed by atoms with E-state index >= 15 is 0 Å². The minimum atomic E-state index is -0.600. The number of nitrogens with one attached hydrogen (secondary N) is 1. The van der Waals surface area contributed by atoms with Gasteiger partial charge in [-0.05, 0) is 44.4 Å². The number of carbonyl (C=O) groups excluding carboxylic acids is 1. The molecule has 4 N–H and O–H groups in total. The van der Waals surface area contributed by atoms with Crippen molar-refractivity contribution in [1.82, 2.24) is 4.90 Å². The summed E-state index contributed by atoms with van der Waals surface area (Å²) in [6.45, 7) is 4.23. The van der Waals surface area contributed by atoms with Gasteiger partial charge in [0.2, 0.25) is 5.91 Å². The minimum Gasteiger partial charge on any atom is -0.390 e. The molecule has 0 spiro atoms. The summed E-state index contributed by atoms with van der Waals surface area (Å²) in [7, 11) is 0. The summed E-state index contributed by atoms with van der Waals surface area (Å²) in [5, 5.41) is 13.0. The molecule has 1 aromatic carbocycles. The number of rotatable bonds is 4. The SMILES string of the molecule is CC1(O)CCCN(CC(=O)Nc2ccccc2CN)CC1. The minimum absolute atomic E-state index is 0.0301. The number of anilines is 1. The lowest BCUT2D eigenvalue weighted by Gasteiger charge is -2.22. The molecule has 1 amide bonds. The van der Waals surface area contributed by atoms with E-state index in [9.17, 15) is 9.90 Å². The van der Waals surface area contributed by atoms with Gasteiger partial charge < -0.3 is 16.2 Å². The maximum Gasteiger partial charge on any atom is 0.238 e. The molecular weight excluding hydrogens is 266 g/mol. The van der Waals surface area contributed by atoms with Crippen LogP contribution >= 0.6 is 0 Å². The fourth-order valence-electron chi connectivity index (χ4n) is 2.69. The van der Waals surface area contributed by atoms with E-state index in [0.717, 1.165) is 37.2 Å². The van der Waals surface area contributed by atoms with Crippen molar-refractivity contribution in [2.24, 2.45) is 5.73 Å². The number of benzene rings is 1. The smallest absolute Gasteiger partial charge is 0.238 e. The van der Waals surface area contributed by atoms with Crippen molar-refractivity contribution in [3.8, 4) is 0 Å². The first kappa shape index (κ1) is 15.9. The Hall–Kier alpha value is -1.43. The van der Waals surface area contributed by atoms with Crippen molar-refractivity contribution < 1.29 is 9.90 Å². The van der Waals surface area contributed by atoms with Crippen LogP contribution in [0.15, 0.2) is 24.3 Å². The van der Waals surface area contributed by atoms with E-state index in [1.807, 2.05) is 31.2 Å². The first-order valence-corrected chi connectivity index (χ1v) is 7.53. The summed E-state index contributed by atoms with van der Waals surface area (Å²) < 4.78 is 0. The van der Waals surface area contributed by atoms with E-state index in [1.54, 1.807) is 0 Å². The molecule has 1 aliphatic rings. The molecule has 21 heavy (non-hydrogen) atoms. The Morgan fingerprint density at radius 1 is 1.38 bits per heavy atom. The standard InChI is InChI=1S/C16H25N3O2/c1-16(21)7-4-9-19(10-8-16)12-15(20)18-14-6-3-2-5-13(14)11-17/h2-3,5-6,21H,4,7-12,17H2,1H3,(H,18,20). The number of nitrogens with two attached hydrogens (primary N) is 1. The zero-order valence-corrected chi connectivity index (χ0v) is 12.6. The normalized spacial score (nSPS) is 23.6. The Kier molecular flexibility index (Phi) is 5.33. The highest BCUT2D eigenvalue weighted by atomic mass is 16.3. The van der Waals surface area contributed by atoms with Gasteiger partial charge in [0.25, 0.3) is 0 Å². The van der Waals surface area contributed by atoms with Gasteiger partial charge in [0.15, 0.2) is 0 Å². The lowest BCUT2D eigenvalue weighted by atomic mass is 9.98. The highest BCUT2D eigenvalue weighted by Gasteiger charge is 2.25. The predicted octanol–water partition coefficient (Wildman–Crippen LogP) is 1.32. The summed E-state index contributed by atoms with van der Waals surface area (Å²) in [4.78, 5) is 14.3. The molecule has 0 aliphatic carbocycles. The Bertz CT molecular complexity index is 488. The maximum absolute atomic E-state index is 12.2. The zero-order valence-electron chi connectivity index (χ0n) is 12.6. The van der Waals surface area contributed by atoms with Crippen LogP contribution in [0, 0.1) is 0 Å². The first-order valence-electron chi connectivity index (χ1n) is 7.53. The average Bonchev–Trinajstić information content (AvgIpc) is 2.61. The predicted molar refractivity (Wildman–Crippen MR) is 83.9 cm³/mol. The Morgan fingerprint density at radius 2 is 2.14 bits per heavy atom. The zero-order chi connectivity index (χ0) is 15.3. The topological polar surface area (TPSA) is 78.6 Å². The van der Waals surface area contributed by atoms with Crippen molar-refractivity contribution in [3.05, 3.63) is 29.8 Å². The van der Waals surface area contributed by atoms with E-state index in [-0.39, 0.29) is 5.91 Å². The van der Waals surface area contributed by atoms with E-state index in [0.29, 0.717) is 19.5 Å². The van der Waals surface area contributed by atoms with Gasteiger partial charge in [-0.3, -0.25) is 9.69 Å². The third-order valence-electron chi connectivity index (χ3n) is 4.03. The monoisotopic (exact) mass is 291 g/mol. The fourth-order valence-corrected chi connectivity index (χ4v) is 2.69. The van der Waals surface area contributed by atoms with Crippen LogP contribution in [0.25, 0.3) is 0 Å². The van der Waals surface area contributed by atoms with Crippen LogP contribution in [0.5, 0.6) is 0 Å².